The van der Waals surface area contributed by atoms with E-state index < -0.39 is 0 Å². The highest BCUT2D eigenvalue weighted by Gasteiger charge is 2.02. The number of ether oxygens (including phenoxy) is 2. The molecule has 0 unspecified atom stereocenters. The van der Waals surface area contributed by atoms with Crippen molar-refractivity contribution in [3.63, 3.8) is 0 Å². The summed E-state index contributed by atoms with van der Waals surface area (Å²) in [6.45, 7) is 0. The molecule has 0 saturated carbocycles. The minimum atomic E-state index is 0.661. The molecule has 4 heteroatoms. The molecular weight excluding hydrogens is 298 g/mol. The number of rotatable bonds is 4. The first-order chi connectivity index (χ1) is 10.7. The second-order valence-corrected chi connectivity index (χ2v) is 5.26. The van der Waals surface area contributed by atoms with Gasteiger partial charge in [0.15, 0.2) is 0 Å². The monoisotopic (exact) mass is 313 g/mol. The zero-order valence-corrected chi connectivity index (χ0v) is 13.2. The summed E-state index contributed by atoms with van der Waals surface area (Å²) in [5.74, 6) is 1.60. The van der Waals surface area contributed by atoms with Gasteiger partial charge in [-0.1, -0.05) is 11.6 Å². The van der Waals surface area contributed by atoms with Crippen molar-refractivity contribution in [1.82, 2.24) is 4.57 Å². The lowest BCUT2D eigenvalue weighted by Crippen LogP contribution is -1.86. The van der Waals surface area contributed by atoms with Crippen LogP contribution in [0.25, 0.3) is 23.2 Å². The minimum absolute atomic E-state index is 0.661. The summed E-state index contributed by atoms with van der Waals surface area (Å²) in [7, 11) is 3.30. The van der Waals surface area contributed by atoms with Crippen LogP contribution in [-0.2, 0) is 0 Å². The highest BCUT2D eigenvalue weighted by Crippen LogP contribution is 2.25. The third-order valence-corrected chi connectivity index (χ3v) is 3.88. The Balaban J connectivity index is 1.92. The lowest BCUT2D eigenvalue weighted by molar-refractivity contribution is 0.415. The topological polar surface area (TPSA) is 23.4 Å². The lowest BCUT2D eigenvalue weighted by Gasteiger charge is -2.04. The second kappa shape index (κ2) is 6.16. The van der Waals surface area contributed by atoms with Crippen LogP contribution in [0.2, 0.25) is 5.02 Å². The van der Waals surface area contributed by atoms with E-state index in [1.165, 1.54) is 0 Å². The van der Waals surface area contributed by atoms with E-state index in [1.54, 1.807) is 20.3 Å². The maximum absolute atomic E-state index is 6.25. The van der Waals surface area contributed by atoms with Gasteiger partial charge in [-0.15, -0.1) is 0 Å². The van der Waals surface area contributed by atoms with E-state index >= 15 is 0 Å². The van der Waals surface area contributed by atoms with Crippen molar-refractivity contribution in [2.75, 3.05) is 14.2 Å². The average Bonchev–Trinajstić information content (AvgIpc) is 2.95. The molecule has 3 nitrogen and oxygen atoms in total. The van der Waals surface area contributed by atoms with Crippen molar-refractivity contribution in [2.45, 2.75) is 0 Å². The van der Waals surface area contributed by atoms with Gasteiger partial charge in [-0.05, 0) is 54.1 Å². The molecule has 3 rings (SSSR count). The number of fused-ring (bicyclic) bond motifs is 1. The Morgan fingerprint density at radius 1 is 0.955 bits per heavy atom. The molecule has 0 atom stereocenters. The zero-order valence-electron chi connectivity index (χ0n) is 12.4. The van der Waals surface area contributed by atoms with E-state index in [0.29, 0.717) is 5.02 Å². The molecule has 3 aromatic rings. The van der Waals surface area contributed by atoms with Crippen LogP contribution in [0.5, 0.6) is 11.5 Å². The van der Waals surface area contributed by atoms with Crippen LogP contribution < -0.4 is 9.47 Å². The predicted molar refractivity (Wildman–Crippen MR) is 91.7 cm³/mol. The van der Waals surface area contributed by atoms with Crippen LogP contribution >= 0.6 is 11.6 Å². The first-order valence-electron chi connectivity index (χ1n) is 6.87. The molecule has 1 heterocycles. The van der Waals surface area contributed by atoms with E-state index in [1.807, 2.05) is 48.8 Å². The SMILES string of the molecule is COc1ccc(/C=C/n2ccc3cc(OC)ccc32)c(Cl)c1. The summed E-state index contributed by atoms with van der Waals surface area (Å²) in [5.41, 5.74) is 2.06. The molecule has 0 aliphatic heterocycles. The zero-order chi connectivity index (χ0) is 15.5. The van der Waals surface area contributed by atoms with Crippen molar-refractivity contribution in [3.05, 3.63) is 59.2 Å². The van der Waals surface area contributed by atoms with Gasteiger partial charge in [0.2, 0.25) is 0 Å². The lowest BCUT2D eigenvalue weighted by atomic mass is 10.2. The summed E-state index contributed by atoms with van der Waals surface area (Å²) in [5, 5.41) is 1.79. The fourth-order valence-electron chi connectivity index (χ4n) is 2.33. The number of hydrogen-bond acceptors (Lipinski definition) is 2. The summed E-state index contributed by atoms with van der Waals surface area (Å²) in [6.07, 6.45) is 5.98. The fourth-order valence-corrected chi connectivity index (χ4v) is 2.56. The number of halogens is 1. The number of benzene rings is 2. The molecule has 0 saturated heterocycles. The molecule has 0 fully saturated rings. The summed E-state index contributed by atoms with van der Waals surface area (Å²) >= 11 is 6.25. The number of nitrogens with zero attached hydrogens (tertiary/aromatic N) is 1. The van der Waals surface area contributed by atoms with Crippen LogP contribution in [-0.4, -0.2) is 18.8 Å². The molecule has 112 valence electrons. The molecule has 22 heavy (non-hydrogen) atoms. The standard InChI is InChI=1S/C18H16ClNO2/c1-21-15-5-6-18-14(11-15)8-10-20(18)9-7-13-3-4-16(22-2)12-17(13)19/h3-12H,1-2H3/b9-7+. The number of hydrogen-bond donors (Lipinski definition) is 0. The Labute approximate surface area is 134 Å². The first-order valence-corrected chi connectivity index (χ1v) is 7.25. The quantitative estimate of drug-likeness (QED) is 0.681. The van der Waals surface area contributed by atoms with Gasteiger partial charge >= 0.3 is 0 Å². The second-order valence-electron chi connectivity index (χ2n) is 4.85. The fraction of sp³-hybridized carbons (Fsp3) is 0.111. The van der Waals surface area contributed by atoms with E-state index in [-0.39, 0.29) is 0 Å². The smallest absolute Gasteiger partial charge is 0.120 e. The maximum Gasteiger partial charge on any atom is 0.120 e. The number of aromatic nitrogens is 1. The molecule has 0 amide bonds. The molecule has 1 aromatic heterocycles. The molecule has 0 spiro atoms. The summed E-state index contributed by atoms with van der Waals surface area (Å²) in [4.78, 5) is 0. The third kappa shape index (κ3) is 2.81. The predicted octanol–water partition coefficient (Wildman–Crippen LogP) is 4.94. The highest BCUT2D eigenvalue weighted by atomic mass is 35.5. The van der Waals surface area contributed by atoms with Crippen molar-refractivity contribution < 1.29 is 9.47 Å². The molecular formula is C18H16ClNO2. The van der Waals surface area contributed by atoms with Crippen LogP contribution in [0, 0.1) is 0 Å². The van der Waals surface area contributed by atoms with Gasteiger partial charge in [-0.2, -0.15) is 0 Å². The maximum atomic E-state index is 6.25. The van der Waals surface area contributed by atoms with Gasteiger partial charge < -0.3 is 14.0 Å². The highest BCUT2D eigenvalue weighted by molar-refractivity contribution is 6.32. The summed E-state index contributed by atoms with van der Waals surface area (Å²) < 4.78 is 12.4. The van der Waals surface area contributed by atoms with Crippen LogP contribution in [0.4, 0.5) is 0 Å². The van der Waals surface area contributed by atoms with Gasteiger partial charge in [0.05, 0.1) is 24.8 Å². The normalized spacial score (nSPS) is 11.2. The van der Waals surface area contributed by atoms with E-state index in [4.69, 9.17) is 21.1 Å². The van der Waals surface area contributed by atoms with Crippen LogP contribution in [0.15, 0.2) is 48.7 Å². The van der Waals surface area contributed by atoms with Crippen molar-refractivity contribution in [3.8, 4) is 11.5 Å². The van der Waals surface area contributed by atoms with E-state index in [9.17, 15) is 0 Å². The van der Waals surface area contributed by atoms with Crippen molar-refractivity contribution >= 4 is 34.8 Å². The molecule has 0 aliphatic rings. The van der Waals surface area contributed by atoms with Gasteiger partial charge in [-0.25, -0.2) is 0 Å². The van der Waals surface area contributed by atoms with Gasteiger partial charge in [0.1, 0.15) is 11.5 Å². The molecule has 0 bridgehead atoms. The van der Waals surface area contributed by atoms with Crippen LogP contribution in [0.1, 0.15) is 5.56 Å². The van der Waals surface area contributed by atoms with Gasteiger partial charge in [0, 0.05) is 17.8 Å². The summed E-state index contributed by atoms with van der Waals surface area (Å²) in [6, 6.07) is 13.7. The number of methoxy groups -OCH3 is 2. The Bertz CT molecular complexity index is 836. The Kier molecular flexibility index (Phi) is 4.07. The van der Waals surface area contributed by atoms with Crippen molar-refractivity contribution in [2.24, 2.45) is 0 Å². The molecule has 0 radical (unpaired) electrons. The molecule has 0 N–H and O–H groups in total. The van der Waals surface area contributed by atoms with E-state index in [0.717, 1.165) is 28.0 Å². The third-order valence-electron chi connectivity index (χ3n) is 3.55. The van der Waals surface area contributed by atoms with Gasteiger partial charge in [-0.3, -0.25) is 0 Å². The van der Waals surface area contributed by atoms with Crippen LogP contribution in [0.3, 0.4) is 0 Å². The Hall–Kier alpha value is -2.39. The molecule has 2 aromatic carbocycles. The average molecular weight is 314 g/mol. The molecule has 0 aliphatic carbocycles. The Morgan fingerprint density at radius 2 is 1.68 bits per heavy atom. The van der Waals surface area contributed by atoms with Crippen molar-refractivity contribution in [1.29, 1.82) is 0 Å². The minimum Gasteiger partial charge on any atom is -0.497 e. The van der Waals surface area contributed by atoms with E-state index in [2.05, 4.69) is 10.6 Å². The van der Waals surface area contributed by atoms with Gasteiger partial charge in [0.25, 0.3) is 0 Å². The largest absolute Gasteiger partial charge is 0.497 e. The Morgan fingerprint density at radius 3 is 2.41 bits per heavy atom. The first kappa shape index (κ1) is 14.5.